The lowest BCUT2D eigenvalue weighted by molar-refractivity contribution is -0.153. The molecule has 0 heterocycles. The van der Waals surface area contributed by atoms with Gasteiger partial charge in [0.25, 0.3) is 8.32 Å². The van der Waals surface area contributed by atoms with Gasteiger partial charge in [0.1, 0.15) is 18.8 Å². The lowest BCUT2D eigenvalue weighted by Gasteiger charge is -2.45. The highest BCUT2D eigenvalue weighted by Crippen LogP contribution is 2.38. The van der Waals surface area contributed by atoms with Crippen LogP contribution in [0.15, 0.2) is 72.8 Å². The van der Waals surface area contributed by atoms with Crippen molar-refractivity contribution in [3.8, 4) is 0 Å². The van der Waals surface area contributed by atoms with Crippen molar-refractivity contribution in [2.24, 2.45) is 0 Å². The fraction of sp³-hybridized carbons (Fsp3) is 0.429. The van der Waals surface area contributed by atoms with Gasteiger partial charge in [-0.25, -0.2) is 0 Å². The van der Waals surface area contributed by atoms with Crippen LogP contribution in [0.3, 0.4) is 0 Å². The van der Waals surface area contributed by atoms with E-state index in [1.165, 1.54) is 28.1 Å². The molecule has 0 bridgehead atoms. The highest BCUT2D eigenvalue weighted by Gasteiger charge is 2.52. The number of hydrogen-bond acceptors (Lipinski definition) is 7. The van der Waals surface area contributed by atoms with Crippen LogP contribution >= 0.6 is 0 Å². The summed E-state index contributed by atoms with van der Waals surface area (Å²) in [7, 11) is -0.0331. The van der Waals surface area contributed by atoms with Crippen LogP contribution < -0.4 is 10.4 Å². The second-order valence-corrected chi connectivity index (χ2v) is 13.7. The lowest BCUT2D eigenvalue weighted by Crippen LogP contribution is -2.69. The Hall–Kier alpha value is -2.78. The van der Waals surface area contributed by atoms with Gasteiger partial charge in [0.05, 0.1) is 0 Å². The van der Waals surface area contributed by atoms with Crippen LogP contribution in [-0.2, 0) is 33.0 Å². The molecule has 2 atom stereocenters. The molecule has 0 amide bonds. The fourth-order valence-electron chi connectivity index (χ4n) is 4.20. The molecule has 0 N–H and O–H groups in total. The summed E-state index contributed by atoms with van der Waals surface area (Å²) >= 11 is 0. The Morgan fingerprint density at radius 2 is 1.33 bits per heavy atom. The summed E-state index contributed by atoms with van der Waals surface area (Å²) in [6.07, 6.45) is 0.991. The number of carbonyl (C=O) groups excluding carboxylic acids is 2. The third kappa shape index (κ3) is 7.61. The normalized spacial score (nSPS) is 14.0. The first-order chi connectivity index (χ1) is 17.0. The predicted octanol–water partition coefficient (Wildman–Crippen LogP) is 3.60. The predicted molar refractivity (Wildman–Crippen MR) is 142 cm³/mol. The molecule has 196 valence electrons. The smallest absolute Gasteiger partial charge is 0.303 e. The number of carbonyl (C=O) groups is 2. The van der Waals surface area contributed by atoms with Crippen molar-refractivity contribution in [1.82, 2.24) is 0 Å². The Morgan fingerprint density at radius 1 is 0.833 bits per heavy atom. The van der Waals surface area contributed by atoms with E-state index in [-0.39, 0.29) is 11.6 Å². The van der Waals surface area contributed by atoms with E-state index in [0.29, 0.717) is 0 Å². The minimum atomic E-state index is -3.05. The van der Waals surface area contributed by atoms with E-state index >= 15 is 0 Å². The van der Waals surface area contributed by atoms with Gasteiger partial charge in [-0.2, -0.15) is 0 Å². The largest absolute Gasteiger partial charge is 0.463 e. The zero-order valence-electron chi connectivity index (χ0n) is 22.2. The number of esters is 2. The molecule has 2 aromatic carbocycles. The average Bonchev–Trinajstić information content (AvgIpc) is 2.84. The Balaban J connectivity index is 2.72. The summed E-state index contributed by atoms with van der Waals surface area (Å²) < 4.78 is 28.8. The summed E-state index contributed by atoms with van der Waals surface area (Å²) in [5.74, 6) is -0.946. The molecule has 0 saturated carbocycles. The molecule has 2 aromatic rings. The van der Waals surface area contributed by atoms with Crippen molar-refractivity contribution in [1.29, 1.82) is 0 Å². The van der Waals surface area contributed by atoms with Gasteiger partial charge in [0, 0.05) is 28.1 Å². The van der Waals surface area contributed by atoms with E-state index in [0.717, 1.165) is 10.4 Å². The van der Waals surface area contributed by atoms with Crippen LogP contribution in [0.5, 0.6) is 0 Å². The summed E-state index contributed by atoms with van der Waals surface area (Å²) in [6.45, 7) is 8.99. The van der Waals surface area contributed by atoms with E-state index in [2.05, 4.69) is 45.0 Å². The summed E-state index contributed by atoms with van der Waals surface area (Å²) in [5.41, 5.74) is 0. The Kier molecular flexibility index (Phi) is 11.0. The van der Waals surface area contributed by atoms with Gasteiger partial charge < -0.3 is 23.4 Å². The first-order valence-electron chi connectivity index (χ1n) is 11.9. The van der Waals surface area contributed by atoms with Gasteiger partial charge in [-0.1, -0.05) is 81.4 Å². The standard InChI is InChI=1S/C28H38O7Si/c1-21(29)33-20-26(25(34-22(2)30)18-19-27(31-6)32-7)35-36(28(3,4)5,23-14-10-8-11-15-23)24-16-12-9-13-17-24/h8-19,25-27H,20H2,1-7H3/b19-18+/t25-,26+/m0/s1. The van der Waals surface area contributed by atoms with Gasteiger partial charge in [0.2, 0.25) is 0 Å². The van der Waals surface area contributed by atoms with Gasteiger partial charge in [-0.3, -0.25) is 9.59 Å². The van der Waals surface area contributed by atoms with Crippen LogP contribution in [0, 0.1) is 0 Å². The van der Waals surface area contributed by atoms with Crippen molar-refractivity contribution in [2.75, 3.05) is 20.8 Å². The van der Waals surface area contributed by atoms with E-state index in [1.54, 1.807) is 12.2 Å². The van der Waals surface area contributed by atoms with E-state index in [4.69, 9.17) is 23.4 Å². The number of methoxy groups -OCH3 is 2. The number of rotatable bonds is 12. The topological polar surface area (TPSA) is 80.3 Å². The molecule has 0 aliphatic heterocycles. The van der Waals surface area contributed by atoms with Gasteiger partial charge in [-0.05, 0) is 27.6 Å². The monoisotopic (exact) mass is 514 g/mol. The molecule has 0 saturated heterocycles. The SMILES string of the molecule is COC(/C=C/[C@H](OC(C)=O)[C@@H](COC(C)=O)O[Si](c1ccccc1)(c1ccccc1)C(C)(C)C)OC. The third-order valence-corrected chi connectivity index (χ3v) is 10.8. The molecule has 0 radical (unpaired) electrons. The maximum Gasteiger partial charge on any atom is 0.303 e. The molecule has 0 aliphatic carbocycles. The number of hydrogen-bond donors (Lipinski definition) is 0. The van der Waals surface area contributed by atoms with E-state index in [9.17, 15) is 9.59 Å². The van der Waals surface area contributed by atoms with Crippen molar-refractivity contribution in [3.05, 3.63) is 72.8 Å². The summed E-state index contributed by atoms with van der Waals surface area (Å²) in [4.78, 5) is 23.9. The summed E-state index contributed by atoms with van der Waals surface area (Å²) in [5, 5.41) is 1.76. The first-order valence-corrected chi connectivity index (χ1v) is 13.8. The molecule has 0 unspecified atom stereocenters. The van der Waals surface area contributed by atoms with Crippen LogP contribution in [-0.4, -0.2) is 59.6 Å². The maximum absolute atomic E-state index is 12.1. The average molecular weight is 515 g/mol. The first kappa shape index (κ1) is 29.4. The van der Waals surface area contributed by atoms with Crippen molar-refractivity contribution in [3.63, 3.8) is 0 Å². The van der Waals surface area contributed by atoms with Crippen LogP contribution in [0.25, 0.3) is 0 Å². The summed E-state index contributed by atoms with van der Waals surface area (Å²) in [6, 6.07) is 20.1. The second-order valence-electron chi connectivity index (χ2n) is 9.42. The Morgan fingerprint density at radius 3 is 1.72 bits per heavy atom. The molecule has 36 heavy (non-hydrogen) atoms. The molecular formula is C28H38O7Si. The molecular weight excluding hydrogens is 476 g/mol. The molecule has 0 spiro atoms. The zero-order chi connectivity index (χ0) is 26.8. The van der Waals surface area contributed by atoms with Crippen LogP contribution in [0.1, 0.15) is 34.6 Å². The van der Waals surface area contributed by atoms with Crippen molar-refractivity contribution < 1.29 is 33.0 Å². The van der Waals surface area contributed by atoms with Gasteiger partial charge in [0.15, 0.2) is 6.29 Å². The van der Waals surface area contributed by atoms with Crippen LogP contribution in [0.4, 0.5) is 0 Å². The highest BCUT2D eigenvalue weighted by molar-refractivity contribution is 6.99. The minimum absolute atomic E-state index is 0.104. The quantitative estimate of drug-likeness (QED) is 0.185. The molecule has 0 aromatic heterocycles. The molecule has 8 heteroatoms. The van der Waals surface area contributed by atoms with Gasteiger partial charge in [-0.15, -0.1) is 0 Å². The molecule has 2 rings (SSSR count). The lowest BCUT2D eigenvalue weighted by atomic mass is 10.2. The van der Waals surface area contributed by atoms with Crippen molar-refractivity contribution >= 4 is 30.6 Å². The fourth-order valence-corrected chi connectivity index (χ4v) is 8.87. The minimum Gasteiger partial charge on any atom is -0.463 e. The van der Waals surface area contributed by atoms with E-state index in [1.807, 2.05) is 36.4 Å². The highest BCUT2D eigenvalue weighted by atomic mass is 28.4. The Labute approximate surface area is 215 Å². The zero-order valence-corrected chi connectivity index (χ0v) is 23.2. The second kappa shape index (κ2) is 13.5. The third-order valence-electron chi connectivity index (χ3n) is 5.79. The number of benzene rings is 2. The maximum atomic E-state index is 12.1. The number of ether oxygens (including phenoxy) is 4. The molecule has 0 fully saturated rings. The molecule has 0 aliphatic rings. The molecule has 7 nitrogen and oxygen atoms in total. The van der Waals surface area contributed by atoms with Crippen molar-refractivity contribution in [2.45, 2.75) is 58.2 Å². The Bertz CT molecular complexity index is 942. The van der Waals surface area contributed by atoms with Crippen LogP contribution in [0.2, 0.25) is 5.04 Å². The van der Waals surface area contributed by atoms with Gasteiger partial charge >= 0.3 is 11.9 Å². The van der Waals surface area contributed by atoms with E-state index < -0.39 is 38.8 Å².